The molecule has 0 fully saturated rings. The number of nitrogens with zero attached hydrogens (tertiary/aromatic N) is 2. The molecule has 0 spiro atoms. The lowest BCUT2D eigenvalue weighted by Crippen LogP contribution is -2.27. The molecular formula is C17H19FN4O5S. The summed E-state index contributed by atoms with van der Waals surface area (Å²) in [6, 6.07) is 9.00. The molecule has 0 heterocycles. The van der Waals surface area contributed by atoms with Crippen LogP contribution < -0.4 is 10.5 Å². The van der Waals surface area contributed by atoms with Gasteiger partial charge in [-0.2, -0.15) is 0 Å². The molecule has 2 aromatic rings. The van der Waals surface area contributed by atoms with E-state index >= 15 is 0 Å². The van der Waals surface area contributed by atoms with Gasteiger partial charge in [0, 0.05) is 32.6 Å². The van der Waals surface area contributed by atoms with E-state index in [1.165, 1.54) is 23.1 Å². The van der Waals surface area contributed by atoms with Crippen LogP contribution in [0.25, 0.3) is 0 Å². The maximum absolute atomic E-state index is 12.9. The van der Waals surface area contributed by atoms with Gasteiger partial charge in [-0.25, -0.2) is 17.9 Å². The number of hydrogen-bond donors (Lipinski definition) is 2. The third kappa shape index (κ3) is 5.72. The van der Waals surface area contributed by atoms with Crippen LogP contribution in [0.2, 0.25) is 0 Å². The van der Waals surface area contributed by atoms with E-state index in [2.05, 4.69) is 5.32 Å². The fourth-order valence-corrected chi connectivity index (χ4v) is 2.97. The molecule has 0 saturated carbocycles. The zero-order valence-corrected chi connectivity index (χ0v) is 15.8. The summed E-state index contributed by atoms with van der Waals surface area (Å²) >= 11 is 0. The highest BCUT2D eigenvalue weighted by Crippen LogP contribution is 2.27. The average Bonchev–Trinajstić information content (AvgIpc) is 2.62. The first-order chi connectivity index (χ1) is 13.1. The smallest absolute Gasteiger partial charge is 0.293 e. The van der Waals surface area contributed by atoms with Crippen LogP contribution in [-0.4, -0.2) is 37.7 Å². The quantitative estimate of drug-likeness (QED) is 0.503. The Morgan fingerprint density at radius 2 is 1.89 bits per heavy atom. The Kier molecular flexibility index (Phi) is 6.65. The summed E-state index contributed by atoms with van der Waals surface area (Å²) in [6.45, 7) is 0.393. The standard InChI is InChI=1S/C17H19FN4O5S/c1-21(11-12-2-4-13(18)5-3-12)17(23)8-9-20-15-7-6-14(28(19,26)27)10-16(15)22(24)25/h2-7,10,20H,8-9,11H2,1H3,(H2,19,26,27). The Labute approximate surface area is 161 Å². The molecule has 0 unspecified atom stereocenters. The number of nitro benzene ring substituents is 1. The molecule has 0 saturated heterocycles. The van der Waals surface area contributed by atoms with Crippen LogP contribution in [0.3, 0.4) is 0 Å². The molecule has 0 aliphatic rings. The minimum absolute atomic E-state index is 0.0474. The monoisotopic (exact) mass is 410 g/mol. The van der Waals surface area contributed by atoms with Crippen LogP contribution in [0.5, 0.6) is 0 Å². The fourth-order valence-electron chi connectivity index (χ4n) is 2.44. The second kappa shape index (κ2) is 8.76. The van der Waals surface area contributed by atoms with E-state index in [-0.39, 0.29) is 35.3 Å². The lowest BCUT2D eigenvalue weighted by atomic mass is 10.2. The van der Waals surface area contributed by atoms with Crippen LogP contribution >= 0.6 is 0 Å². The van der Waals surface area contributed by atoms with Crippen LogP contribution in [0, 0.1) is 15.9 Å². The molecule has 0 bridgehead atoms. The number of amides is 1. The van der Waals surface area contributed by atoms with Crippen LogP contribution in [0.4, 0.5) is 15.8 Å². The summed E-state index contributed by atoms with van der Waals surface area (Å²) < 4.78 is 35.6. The Balaban J connectivity index is 1.97. The van der Waals surface area contributed by atoms with Gasteiger partial charge >= 0.3 is 0 Å². The number of halogens is 1. The van der Waals surface area contributed by atoms with E-state index < -0.39 is 20.6 Å². The van der Waals surface area contributed by atoms with Crippen molar-refractivity contribution in [1.82, 2.24) is 4.90 Å². The Hall–Kier alpha value is -3.05. The third-order valence-corrected chi connectivity index (χ3v) is 4.82. The number of carbonyl (C=O) groups excluding carboxylic acids is 1. The molecule has 0 atom stereocenters. The first-order valence-corrected chi connectivity index (χ1v) is 9.66. The topological polar surface area (TPSA) is 136 Å². The molecule has 0 aliphatic carbocycles. The summed E-state index contributed by atoms with van der Waals surface area (Å²) in [4.78, 5) is 23.7. The highest BCUT2D eigenvalue weighted by Gasteiger charge is 2.19. The molecule has 0 radical (unpaired) electrons. The number of hydrogen-bond acceptors (Lipinski definition) is 6. The van der Waals surface area contributed by atoms with Gasteiger partial charge in [-0.05, 0) is 29.8 Å². The zero-order valence-electron chi connectivity index (χ0n) is 15.0. The number of rotatable bonds is 8. The highest BCUT2D eigenvalue weighted by molar-refractivity contribution is 7.89. The summed E-state index contributed by atoms with van der Waals surface area (Å²) in [5.74, 6) is -0.586. The maximum atomic E-state index is 12.9. The fraction of sp³-hybridized carbons (Fsp3) is 0.235. The number of nitrogens with one attached hydrogen (secondary N) is 1. The Bertz CT molecular complexity index is 980. The van der Waals surface area contributed by atoms with E-state index in [4.69, 9.17) is 5.14 Å². The van der Waals surface area contributed by atoms with Gasteiger partial charge < -0.3 is 10.2 Å². The lowest BCUT2D eigenvalue weighted by Gasteiger charge is -2.17. The number of nitro groups is 1. The van der Waals surface area contributed by atoms with Crippen molar-refractivity contribution in [1.29, 1.82) is 0 Å². The third-order valence-electron chi connectivity index (χ3n) is 3.91. The normalized spacial score (nSPS) is 11.1. The predicted octanol–water partition coefficient (Wildman–Crippen LogP) is 1.84. The summed E-state index contributed by atoms with van der Waals surface area (Å²) in [6.07, 6.45) is 0.0474. The molecule has 0 aliphatic heterocycles. The van der Waals surface area contributed by atoms with Crippen molar-refractivity contribution < 1.29 is 22.5 Å². The van der Waals surface area contributed by atoms with E-state index in [9.17, 15) is 27.7 Å². The van der Waals surface area contributed by atoms with Gasteiger partial charge in [-0.1, -0.05) is 12.1 Å². The van der Waals surface area contributed by atoms with Gasteiger partial charge in [0.1, 0.15) is 11.5 Å². The summed E-state index contributed by atoms with van der Waals surface area (Å²) in [7, 11) is -2.48. The van der Waals surface area contributed by atoms with Gasteiger partial charge in [-0.3, -0.25) is 14.9 Å². The molecule has 2 rings (SSSR count). The van der Waals surface area contributed by atoms with Crippen molar-refractivity contribution >= 4 is 27.3 Å². The van der Waals surface area contributed by atoms with E-state index in [0.29, 0.717) is 6.54 Å². The van der Waals surface area contributed by atoms with Gasteiger partial charge in [-0.15, -0.1) is 0 Å². The van der Waals surface area contributed by atoms with E-state index in [0.717, 1.165) is 17.7 Å². The molecule has 150 valence electrons. The summed E-state index contributed by atoms with van der Waals surface area (Å²) in [5.41, 5.74) is 0.379. The Morgan fingerprint density at radius 1 is 1.25 bits per heavy atom. The van der Waals surface area contributed by atoms with Gasteiger partial charge in [0.15, 0.2) is 0 Å². The average molecular weight is 410 g/mol. The first kappa shape index (κ1) is 21.3. The van der Waals surface area contributed by atoms with Gasteiger partial charge in [0.2, 0.25) is 15.9 Å². The molecule has 3 N–H and O–H groups in total. The number of carbonyl (C=O) groups is 1. The summed E-state index contributed by atoms with van der Waals surface area (Å²) in [5, 5.41) is 18.9. The molecule has 1 amide bonds. The molecular weight excluding hydrogens is 391 g/mol. The van der Waals surface area contributed by atoms with Crippen molar-refractivity contribution in [2.24, 2.45) is 5.14 Å². The number of benzene rings is 2. The first-order valence-electron chi connectivity index (χ1n) is 8.11. The maximum Gasteiger partial charge on any atom is 0.293 e. The predicted molar refractivity (Wildman–Crippen MR) is 100 cm³/mol. The molecule has 11 heteroatoms. The van der Waals surface area contributed by atoms with Crippen LogP contribution in [0.1, 0.15) is 12.0 Å². The second-order valence-corrected chi connectivity index (χ2v) is 7.60. The van der Waals surface area contributed by atoms with E-state index in [1.807, 2.05) is 0 Å². The van der Waals surface area contributed by atoms with Gasteiger partial charge in [0.25, 0.3) is 5.69 Å². The van der Waals surface area contributed by atoms with Gasteiger partial charge in [0.05, 0.1) is 9.82 Å². The largest absolute Gasteiger partial charge is 0.379 e. The number of sulfonamides is 1. The molecule has 9 nitrogen and oxygen atoms in total. The Morgan fingerprint density at radius 3 is 2.46 bits per heavy atom. The lowest BCUT2D eigenvalue weighted by molar-refractivity contribution is -0.384. The SMILES string of the molecule is CN(Cc1ccc(F)cc1)C(=O)CCNc1ccc(S(N)(=O)=O)cc1[N+](=O)[O-]. The van der Waals surface area contributed by atoms with Crippen molar-refractivity contribution in [3.63, 3.8) is 0 Å². The van der Waals surface area contributed by atoms with E-state index in [1.54, 1.807) is 19.2 Å². The second-order valence-electron chi connectivity index (χ2n) is 6.03. The number of primary sulfonamides is 1. The number of anilines is 1. The molecule has 28 heavy (non-hydrogen) atoms. The minimum Gasteiger partial charge on any atom is -0.379 e. The minimum atomic E-state index is -4.07. The molecule has 2 aromatic carbocycles. The number of nitrogens with two attached hydrogens (primary N) is 1. The van der Waals surface area contributed by atoms with Crippen molar-refractivity contribution in [2.45, 2.75) is 17.9 Å². The van der Waals surface area contributed by atoms with Crippen LogP contribution in [-0.2, 0) is 21.4 Å². The van der Waals surface area contributed by atoms with Crippen LogP contribution in [0.15, 0.2) is 47.4 Å². The van der Waals surface area contributed by atoms with Crippen molar-refractivity contribution in [3.05, 3.63) is 64.0 Å². The van der Waals surface area contributed by atoms with Crippen molar-refractivity contribution in [2.75, 3.05) is 18.9 Å². The zero-order chi connectivity index (χ0) is 20.9. The highest BCUT2D eigenvalue weighted by atomic mass is 32.2. The van der Waals surface area contributed by atoms with Crippen molar-refractivity contribution in [3.8, 4) is 0 Å². The molecule has 0 aromatic heterocycles.